The van der Waals surface area contributed by atoms with Gasteiger partial charge in [0, 0.05) is 11.1 Å². The summed E-state index contributed by atoms with van der Waals surface area (Å²) in [6.45, 7) is 0. The first-order valence-corrected chi connectivity index (χ1v) is 6.72. The van der Waals surface area contributed by atoms with E-state index in [9.17, 15) is 4.79 Å². The number of carbonyl (C=O) groups excluding carboxylic acids is 1. The number of hydrogen-bond donors (Lipinski definition) is 0. The van der Waals surface area contributed by atoms with Crippen molar-refractivity contribution in [1.29, 1.82) is 0 Å². The number of methoxy groups -OCH3 is 2. The van der Waals surface area contributed by atoms with Crippen molar-refractivity contribution >= 4 is 23.5 Å². The van der Waals surface area contributed by atoms with Crippen molar-refractivity contribution in [3.8, 4) is 11.5 Å². The maximum absolute atomic E-state index is 12.1. The Bertz CT molecular complexity index is 677. The maximum Gasteiger partial charge on any atom is 0.187 e. The van der Waals surface area contributed by atoms with Crippen molar-refractivity contribution in [2.24, 2.45) is 0 Å². The minimum Gasteiger partial charge on any atom is -0.497 e. The van der Waals surface area contributed by atoms with Gasteiger partial charge in [0.05, 0.1) is 19.2 Å². The summed E-state index contributed by atoms with van der Waals surface area (Å²) in [5.41, 5.74) is 1.23. The molecule has 0 aromatic heterocycles. The van der Waals surface area contributed by atoms with Gasteiger partial charge >= 0.3 is 0 Å². The highest BCUT2D eigenvalue weighted by Crippen LogP contribution is 2.25. The first kappa shape index (κ1) is 15.1. The molecule has 0 aliphatic carbocycles. The predicted molar refractivity (Wildman–Crippen MR) is 84.4 cm³/mol. The number of rotatable bonds is 5. The molecule has 0 aliphatic heterocycles. The third-order valence-corrected chi connectivity index (χ3v) is 3.32. The fraction of sp³-hybridized carbons (Fsp3) is 0.118. The average Bonchev–Trinajstić information content (AvgIpc) is 2.52. The zero-order valence-corrected chi connectivity index (χ0v) is 12.6. The molecule has 0 spiro atoms. The summed E-state index contributed by atoms with van der Waals surface area (Å²) in [6, 6.07) is 12.3. The lowest BCUT2D eigenvalue weighted by Crippen LogP contribution is -1.95. The van der Waals surface area contributed by atoms with Crippen molar-refractivity contribution in [2.45, 2.75) is 0 Å². The molecule has 0 bridgehead atoms. The highest BCUT2D eigenvalue weighted by molar-refractivity contribution is 6.34. The Labute approximate surface area is 128 Å². The van der Waals surface area contributed by atoms with Gasteiger partial charge in [0.15, 0.2) is 5.78 Å². The third kappa shape index (κ3) is 3.64. The van der Waals surface area contributed by atoms with Gasteiger partial charge in [-0.15, -0.1) is 0 Å². The average molecular weight is 303 g/mol. The number of halogens is 1. The molecule has 0 amide bonds. The van der Waals surface area contributed by atoms with Crippen molar-refractivity contribution in [1.82, 2.24) is 0 Å². The highest BCUT2D eigenvalue weighted by Gasteiger charge is 2.07. The smallest absolute Gasteiger partial charge is 0.187 e. The van der Waals surface area contributed by atoms with Crippen LogP contribution in [0, 0.1) is 0 Å². The molecule has 0 atom stereocenters. The third-order valence-electron chi connectivity index (χ3n) is 2.99. The standard InChI is InChI=1S/C17H15ClO3/c1-20-13-8-10-17(21-2)12(11-13)7-9-16(19)14-5-3-4-6-15(14)18/h3-11H,1-2H3. The van der Waals surface area contributed by atoms with Crippen LogP contribution in [0.4, 0.5) is 0 Å². The number of carbonyl (C=O) groups is 1. The zero-order chi connectivity index (χ0) is 15.2. The fourth-order valence-electron chi connectivity index (χ4n) is 1.89. The molecule has 2 aromatic carbocycles. The van der Waals surface area contributed by atoms with Crippen molar-refractivity contribution < 1.29 is 14.3 Å². The molecule has 0 radical (unpaired) electrons. The second kappa shape index (κ2) is 6.95. The molecule has 2 rings (SSSR count). The molecule has 3 nitrogen and oxygen atoms in total. The van der Waals surface area contributed by atoms with E-state index >= 15 is 0 Å². The van der Waals surface area contributed by atoms with Gasteiger partial charge in [-0.25, -0.2) is 0 Å². The molecule has 0 unspecified atom stereocenters. The zero-order valence-electron chi connectivity index (χ0n) is 11.8. The van der Waals surface area contributed by atoms with Crippen LogP contribution >= 0.6 is 11.6 Å². The molecule has 0 N–H and O–H groups in total. The lowest BCUT2D eigenvalue weighted by molar-refractivity contribution is 0.104. The van der Waals surface area contributed by atoms with E-state index in [1.54, 1.807) is 62.8 Å². The lowest BCUT2D eigenvalue weighted by Gasteiger charge is -2.07. The second-order valence-corrected chi connectivity index (χ2v) is 4.69. The van der Waals surface area contributed by atoms with Crippen LogP contribution in [-0.2, 0) is 0 Å². The van der Waals surface area contributed by atoms with Gasteiger partial charge in [-0.1, -0.05) is 23.7 Å². The van der Waals surface area contributed by atoms with Crippen LogP contribution in [0.1, 0.15) is 15.9 Å². The maximum atomic E-state index is 12.1. The van der Waals surface area contributed by atoms with Crippen LogP contribution in [0.2, 0.25) is 5.02 Å². The van der Waals surface area contributed by atoms with Crippen LogP contribution in [-0.4, -0.2) is 20.0 Å². The van der Waals surface area contributed by atoms with Crippen molar-refractivity contribution in [2.75, 3.05) is 14.2 Å². The monoisotopic (exact) mass is 302 g/mol. The van der Waals surface area contributed by atoms with E-state index in [-0.39, 0.29) is 5.78 Å². The highest BCUT2D eigenvalue weighted by atomic mass is 35.5. The number of hydrogen-bond acceptors (Lipinski definition) is 3. The largest absolute Gasteiger partial charge is 0.497 e. The molecule has 0 aliphatic rings. The Morgan fingerprint density at radius 3 is 2.52 bits per heavy atom. The van der Waals surface area contributed by atoms with Crippen LogP contribution in [0.15, 0.2) is 48.5 Å². The Kier molecular flexibility index (Phi) is 5.01. The minimum absolute atomic E-state index is 0.162. The van der Waals surface area contributed by atoms with Crippen LogP contribution < -0.4 is 9.47 Å². The summed E-state index contributed by atoms with van der Waals surface area (Å²) in [6.07, 6.45) is 3.16. The van der Waals surface area contributed by atoms with Gasteiger partial charge in [0.2, 0.25) is 0 Å². The molecule has 0 saturated heterocycles. The molecule has 2 aromatic rings. The molecular formula is C17H15ClO3. The van der Waals surface area contributed by atoms with Gasteiger partial charge in [-0.2, -0.15) is 0 Å². The van der Waals surface area contributed by atoms with Gasteiger partial charge in [0.1, 0.15) is 11.5 Å². The molecule has 0 heterocycles. The van der Waals surface area contributed by atoms with Crippen LogP contribution in [0.3, 0.4) is 0 Å². The molecule has 108 valence electrons. The normalized spacial score (nSPS) is 10.6. The number of ketones is 1. The SMILES string of the molecule is COc1ccc(OC)c(C=CC(=O)c2ccccc2Cl)c1. The number of benzene rings is 2. The first-order valence-electron chi connectivity index (χ1n) is 6.34. The van der Waals surface area contributed by atoms with Crippen molar-refractivity contribution in [3.63, 3.8) is 0 Å². The summed E-state index contributed by atoms with van der Waals surface area (Å²) in [4.78, 5) is 12.1. The quantitative estimate of drug-likeness (QED) is 0.612. The van der Waals surface area contributed by atoms with Gasteiger partial charge < -0.3 is 9.47 Å². The van der Waals surface area contributed by atoms with Crippen LogP contribution in [0.5, 0.6) is 11.5 Å². The lowest BCUT2D eigenvalue weighted by atomic mass is 10.1. The first-order chi connectivity index (χ1) is 10.2. The predicted octanol–water partition coefficient (Wildman–Crippen LogP) is 4.25. The summed E-state index contributed by atoms with van der Waals surface area (Å²) in [5, 5.41) is 0.435. The molecule has 21 heavy (non-hydrogen) atoms. The summed E-state index contributed by atoms with van der Waals surface area (Å²) >= 11 is 6.01. The van der Waals surface area contributed by atoms with Gasteiger partial charge in [-0.05, 0) is 42.5 Å². The molecule has 0 saturated carbocycles. The summed E-state index contributed by atoms with van der Waals surface area (Å²) in [5.74, 6) is 1.20. The Morgan fingerprint density at radius 2 is 1.86 bits per heavy atom. The Morgan fingerprint density at radius 1 is 1.10 bits per heavy atom. The Hall–Kier alpha value is -2.26. The van der Waals surface area contributed by atoms with E-state index in [1.165, 1.54) is 6.08 Å². The van der Waals surface area contributed by atoms with E-state index in [0.717, 1.165) is 5.56 Å². The molecular weight excluding hydrogens is 288 g/mol. The number of ether oxygens (including phenoxy) is 2. The summed E-state index contributed by atoms with van der Waals surface area (Å²) < 4.78 is 10.4. The topological polar surface area (TPSA) is 35.5 Å². The molecule has 4 heteroatoms. The fourth-order valence-corrected chi connectivity index (χ4v) is 2.11. The minimum atomic E-state index is -0.162. The summed E-state index contributed by atoms with van der Waals surface area (Å²) in [7, 11) is 3.17. The van der Waals surface area contributed by atoms with Gasteiger partial charge in [-0.3, -0.25) is 4.79 Å². The van der Waals surface area contributed by atoms with E-state index in [4.69, 9.17) is 21.1 Å². The van der Waals surface area contributed by atoms with E-state index in [0.29, 0.717) is 22.1 Å². The van der Waals surface area contributed by atoms with E-state index in [2.05, 4.69) is 0 Å². The molecule has 0 fully saturated rings. The van der Waals surface area contributed by atoms with E-state index < -0.39 is 0 Å². The number of allylic oxidation sites excluding steroid dienone is 1. The van der Waals surface area contributed by atoms with E-state index in [1.807, 2.05) is 0 Å². The van der Waals surface area contributed by atoms with Crippen molar-refractivity contribution in [3.05, 3.63) is 64.7 Å². The second-order valence-electron chi connectivity index (χ2n) is 4.29. The Balaban J connectivity index is 2.29. The van der Waals surface area contributed by atoms with Gasteiger partial charge in [0.25, 0.3) is 0 Å². The van der Waals surface area contributed by atoms with Crippen LogP contribution in [0.25, 0.3) is 6.08 Å².